The summed E-state index contributed by atoms with van der Waals surface area (Å²) in [7, 11) is 4.24. The fraction of sp³-hybridized carbons (Fsp3) is 0.591. The normalized spacial score (nSPS) is 18.0. The van der Waals surface area contributed by atoms with E-state index in [4.69, 9.17) is 4.98 Å². The molecule has 0 bridgehead atoms. The van der Waals surface area contributed by atoms with Gasteiger partial charge >= 0.3 is 0 Å². The SMILES string of the molecule is CCN(CCN(C)C)Cc1cc2cc(C)ccc2nc1N1CCC[C@@H](O)C1. The molecule has 0 aliphatic carbocycles. The van der Waals surface area contributed by atoms with Gasteiger partial charge in [-0.15, -0.1) is 0 Å². The minimum Gasteiger partial charge on any atom is -0.391 e. The van der Waals surface area contributed by atoms with E-state index in [1.165, 1.54) is 16.5 Å². The molecule has 148 valence electrons. The number of aliphatic hydroxyl groups excluding tert-OH is 1. The molecule has 1 N–H and O–H groups in total. The molecule has 5 heteroatoms. The Hall–Kier alpha value is -1.69. The van der Waals surface area contributed by atoms with E-state index in [2.05, 4.69) is 66.9 Å². The van der Waals surface area contributed by atoms with Gasteiger partial charge in [0.15, 0.2) is 0 Å². The zero-order chi connectivity index (χ0) is 19.4. The molecule has 1 aliphatic heterocycles. The standard InChI is InChI=1S/C22H34N4O/c1-5-25(12-11-24(3)4)15-19-14-18-13-17(2)8-9-21(18)23-22(19)26-10-6-7-20(27)16-26/h8-9,13-14,20,27H,5-7,10-12,15-16H2,1-4H3/t20-/m1/s1. The van der Waals surface area contributed by atoms with Crippen LogP contribution in [0.2, 0.25) is 0 Å². The summed E-state index contributed by atoms with van der Waals surface area (Å²) in [5.74, 6) is 1.05. The average Bonchev–Trinajstić information content (AvgIpc) is 2.64. The third kappa shape index (κ3) is 5.18. The van der Waals surface area contributed by atoms with E-state index in [-0.39, 0.29) is 6.10 Å². The fourth-order valence-corrected chi connectivity index (χ4v) is 3.80. The molecule has 0 spiro atoms. The van der Waals surface area contributed by atoms with Gasteiger partial charge in [0.1, 0.15) is 5.82 Å². The van der Waals surface area contributed by atoms with Crippen LogP contribution in [0.3, 0.4) is 0 Å². The van der Waals surface area contributed by atoms with Crippen LogP contribution in [0.4, 0.5) is 5.82 Å². The van der Waals surface area contributed by atoms with Crippen molar-refractivity contribution in [2.75, 3.05) is 51.7 Å². The van der Waals surface area contributed by atoms with Crippen LogP contribution >= 0.6 is 0 Å². The first-order chi connectivity index (χ1) is 13.0. The molecule has 1 atom stereocenters. The Labute approximate surface area is 163 Å². The molecule has 0 unspecified atom stereocenters. The van der Waals surface area contributed by atoms with Crippen LogP contribution in [0.15, 0.2) is 24.3 Å². The Morgan fingerprint density at radius 2 is 2.04 bits per heavy atom. The zero-order valence-corrected chi connectivity index (χ0v) is 17.3. The number of aromatic nitrogens is 1. The number of anilines is 1. The number of nitrogens with zero attached hydrogens (tertiary/aromatic N) is 4. The summed E-state index contributed by atoms with van der Waals surface area (Å²) in [6.07, 6.45) is 1.66. The largest absolute Gasteiger partial charge is 0.391 e. The lowest BCUT2D eigenvalue weighted by Gasteiger charge is -2.33. The van der Waals surface area contributed by atoms with Crippen molar-refractivity contribution in [3.63, 3.8) is 0 Å². The van der Waals surface area contributed by atoms with Crippen molar-refractivity contribution in [2.45, 2.75) is 39.3 Å². The van der Waals surface area contributed by atoms with Crippen molar-refractivity contribution in [2.24, 2.45) is 0 Å². The summed E-state index contributed by atoms with van der Waals surface area (Å²) < 4.78 is 0. The minimum absolute atomic E-state index is 0.252. The van der Waals surface area contributed by atoms with Gasteiger partial charge in [-0.1, -0.05) is 18.6 Å². The monoisotopic (exact) mass is 370 g/mol. The highest BCUT2D eigenvalue weighted by Gasteiger charge is 2.22. The third-order valence-corrected chi connectivity index (χ3v) is 5.43. The number of benzene rings is 1. The summed E-state index contributed by atoms with van der Waals surface area (Å²) >= 11 is 0. The van der Waals surface area contributed by atoms with Gasteiger partial charge in [0.05, 0.1) is 11.6 Å². The first-order valence-corrected chi connectivity index (χ1v) is 10.2. The second-order valence-corrected chi connectivity index (χ2v) is 8.08. The number of hydrogen-bond acceptors (Lipinski definition) is 5. The van der Waals surface area contributed by atoms with E-state index in [1.54, 1.807) is 0 Å². The van der Waals surface area contributed by atoms with Crippen molar-refractivity contribution in [3.05, 3.63) is 35.4 Å². The van der Waals surface area contributed by atoms with E-state index in [9.17, 15) is 5.11 Å². The van der Waals surface area contributed by atoms with Crippen LogP contribution in [0.25, 0.3) is 10.9 Å². The quantitative estimate of drug-likeness (QED) is 0.812. The Kier molecular flexibility index (Phi) is 6.68. The maximum Gasteiger partial charge on any atom is 0.133 e. The molecule has 3 rings (SSSR count). The second-order valence-electron chi connectivity index (χ2n) is 8.08. The number of likely N-dealkylation sites (N-methyl/N-ethyl adjacent to an activating group) is 2. The molecule has 5 nitrogen and oxygen atoms in total. The van der Waals surface area contributed by atoms with Gasteiger partial charge in [-0.2, -0.15) is 0 Å². The van der Waals surface area contributed by atoms with Crippen molar-refractivity contribution in [1.82, 2.24) is 14.8 Å². The molecule has 1 aliphatic rings. The lowest BCUT2D eigenvalue weighted by Crippen LogP contribution is -2.40. The molecule has 1 fully saturated rings. The third-order valence-electron chi connectivity index (χ3n) is 5.43. The number of fused-ring (bicyclic) bond motifs is 1. The van der Waals surface area contributed by atoms with Gasteiger partial charge in [0, 0.05) is 43.7 Å². The average molecular weight is 371 g/mol. The minimum atomic E-state index is -0.252. The molecule has 2 aromatic rings. The van der Waals surface area contributed by atoms with Gasteiger partial charge in [-0.05, 0) is 58.6 Å². The van der Waals surface area contributed by atoms with Crippen molar-refractivity contribution in [3.8, 4) is 0 Å². The summed E-state index contributed by atoms with van der Waals surface area (Å²) in [4.78, 5) is 12.0. The number of pyridine rings is 1. The predicted octanol–water partition coefficient (Wildman–Crippen LogP) is 2.89. The zero-order valence-electron chi connectivity index (χ0n) is 17.3. The van der Waals surface area contributed by atoms with Crippen molar-refractivity contribution < 1.29 is 5.11 Å². The molecular formula is C22H34N4O. The van der Waals surface area contributed by atoms with Gasteiger partial charge in [0.2, 0.25) is 0 Å². The number of β-amino-alcohol motifs (C(OH)–C–C–N with tert-alkyl or cyclic N) is 1. The lowest BCUT2D eigenvalue weighted by atomic mass is 10.1. The smallest absolute Gasteiger partial charge is 0.133 e. The Bertz CT molecular complexity index is 761. The maximum atomic E-state index is 10.2. The Balaban J connectivity index is 1.95. The Morgan fingerprint density at radius 1 is 1.22 bits per heavy atom. The molecular weight excluding hydrogens is 336 g/mol. The van der Waals surface area contributed by atoms with Crippen molar-refractivity contribution in [1.29, 1.82) is 0 Å². The molecule has 0 amide bonds. The van der Waals surface area contributed by atoms with Crippen LogP contribution < -0.4 is 4.90 Å². The van der Waals surface area contributed by atoms with Crippen LogP contribution in [0.1, 0.15) is 30.9 Å². The van der Waals surface area contributed by atoms with E-state index in [0.29, 0.717) is 6.54 Å². The topological polar surface area (TPSA) is 42.8 Å². The first kappa shape index (κ1) is 20.1. The van der Waals surface area contributed by atoms with E-state index in [1.807, 2.05) is 0 Å². The van der Waals surface area contributed by atoms with Gasteiger partial charge in [-0.3, -0.25) is 4.90 Å². The fourth-order valence-electron chi connectivity index (χ4n) is 3.80. The van der Waals surface area contributed by atoms with Crippen LogP contribution in [0.5, 0.6) is 0 Å². The van der Waals surface area contributed by atoms with Crippen LogP contribution in [-0.4, -0.2) is 72.8 Å². The molecule has 1 saturated heterocycles. The summed E-state index contributed by atoms with van der Waals surface area (Å²) in [6.45, 7) is 10.00. The first-order valence-electron chi connectivity index (χ1n) is 10.2. The molecule has 2 heterocycles. The maximum absolute atomic E-state index is 10.2. The summed E-state index contributed by atoms with van der Waals surface area (Å²) in [5, 5.41) is 11.4. The number of aryl methyl sites for hydroxylation is 1. The predicted molar refractivity (Wildman–Crippen MR) is 113 cm³/mol. The van der Waals surface area contributed by atoms with Crippen molar-refractivity contribution >= 4 is 16.7 Å². The van der Waals surface area contributed by atoms with Gasteiger partial charge in [-0.25, -0.2) is 4.98 Å². The summed E-state index contributed by atoms with van der Waals surface area (Å²) in [6, 6.07) is 8.77. The molecule has 0 radical (unpaired) electrons. The highest BCUT2D eigenvalue weighted by Crippen LogP contribution is 2.28. The highest BCUT2D eigenvalue weighted by molar-refractivity contribution is 5.82. The number of piperidine rings is 1. The highest BCUT2D eigenvalue weighted by atomic mass is 16.3. The number of aliphatic hydroxyl groups is 1. The summed E-state index contributed by atoms with van der Waals surface area (Å²) in [5.41, 5.74) is 3.56. The molecule has 1 aromatic heterocycles. The second kappa shape index (κ2) is 9.00. The Morgan fingerprint density at radius 3 is 2.74 bits per heavy atom. The van der Waals surface area contributed by atoms with Crippen LogP contribution in [0, 0.1) is 6.92 Å². The number of rotatable bonds is 7. The van der Waals surface area contributed by atoms with E-state index < -0.39 is 0 Å². The van der Waals surface area contributed by atoms with E-state index in [0.717, 1.165) is 56.9 Å². The molecule has 27 heavy (non-hydrogen) atoms. The van der Waals surface area contributed by atoms with Crippen LogP contribution in [-0.2, 0) is 6.54 Å². The van der Waals surface area contributed by atoms with Gasteiger partial charge in [0.25, 0.3) is 0 Å². The molecule has 0 saturated carbocycles. The van der Waals surface area contributed by atoms with E-state index >= 15 is 0 Å². The molecule has 1 aromatic carbocycles. The lowest BCUT2D eigenvalue weighted by molar-refractivity contribution is 0.153. The van der Waals surface area contributed by atoms with Gasteiger partial charge < -0.3 is 14.9 Å². The number of hydrogen-bond donors (Lipinski definition) is 1.